The summed E-state index contributed by atoms with van der Waals surface area (Å²) in [7, 11) is -2.01. The van der Waals surface area contributed by atoms with Gasteiger partial charge in [-0.15, -0.1) is 0 Å². The number of methoxy groups -OCH3 is 1. The van der Waals surface area contributed by atoms with Gasteiger partial charge in [-0.25, -0.2) is 13.1 Å². The van der Waals surface area contributed by atoms with Gasteiger partial charge in [0, 0.05) is 36.1 Å². The molecule has 1 aliphatic heterocycles. The summed E-state index contributed by atoms with van der Waals surface area (Å²) in [5.41, 5.74) is 2.22. The maximum Gasteiger partial charge on any atom is 0.290 e. The van der Waals surface area contributed by atoms with Crippen molar-refractivity contribution in [2.45, 2.75) is 23.8 Å². The van der Waals surface area contributed by atoms with Gasteiger partial charge in [-0.3, -0.25) is 4.79 Å². The summed E-state index contributed by atoms with van der Waals surface area (Å²) in [5.74, 6) is 0.725. The lowest BCUT2D eigenvalue weighted by atomic mass is 10.0. The quantitative estimate of drug-likeness (QED) is 0.424. The molecule has 180 valence electrons. The third kappa shape index (κ3) is 4.67. The van der Waals surface area contributed by atoms with Crippen LogP contribution >= 0.6 is 0 Å². The molecule has 2 heterocycles. The van der Waals surface area contributed by atoms with Crippen LogP contribution < -0.4 is 9.46 Å². The van der Waals surface area contributed by atoms with E-state index in [9.17, 15) is 13.2 Å². The van der Waals surface area contributed by atoms with Crippen molar-refractivity contribution in [1.29, 1.82) is 0 Å². The fourth-order valence-corrected chi connectivity index (χ4v) is 5.80. The van der Waals surface area contributed by atoms with Crippen molar-refractivity contribution in [2.75, 3.05) is 20.2 Å². The summed E-state index contributed by atoms with van der Waals surface area (Å²) >= 11 is 0. The maximum atomic E-state index is 13.6. The number of benzene rings is 3. The minimum atomic E-state index is -3.60. The molecule has 35 heavy (non-hydrogen) atoms. The van der Waals surface area contributed by atoms with Gasteiger partial charge >= 0.3 is 0 Å². The summed E-state index contributed by atoms with van der Waals surface area (Å²) in [6.07, 6.45) is 1.04. The smallest absolute Gasteiger partial charge is 0.290 e. The van der Waals surface area contributed by atoms with E-state index in [0.29, 0.717) is 37.3 Å². The molecule has 1 fully saturated rings. The molecule has 1 saturated heterocycles. The maximum absolute atomic E-state index is 13.6. The first-order valence-corrected chi connectivity index (χ1v) is 13.0. The van der Waals surface area contributed by atoms with Crippen LogP contribution in [0.25, 0.3) is 22.1 Å². The third-order valence-corrected chi connectivity index (χ3v) is 7.85. The summed E-state index contributed by atoms with van der Waals surface area (Å²) in [6.45, 7) is 0.852. The van der Waals surface area contributed by atoms with E-state index in [1.165, 1.54) is 0 Å². The second-order valence-electron chi connectivity index (χ2n) is 8.54. The van der Waals surface area contributed by atoms with Gasteiger partial charge in [0.05, 0.1) is 12.0 Å². The van der Waals surface area contributed by atoms with Crippen molar-refractivity contribution in [2.24, 2.45) is 0 Å². The zero-order valence-electron chi connectivity index (χ0n) is 19.3. The highest BCUT2D eigenvalue weighted by atomic mass is 32.2. The Kier molecular flexibility index (Phi) is 6.32. The highest BCUT2D eigenvalue weighted by molar-refractivity contribution is 7.89. The van der Waals surface area contributed by atoms with Crippen LogP contribution in [0.15, 0.2) is 88.2 Å². The Balaban J connectivity index is 1.37. The number of fused-ring (bicyclic) bond motifs is 1. The SMILES string of the molecule is COc1ccc2c(-c3ccccc3)c(C(=O)N3CCC(NS(=O)(=O)c4ccccc4)CC3)oc2c1. The lowest BCUT2D eigenvalue weighted by Gasteiger charge is -2.32. The van der Waals surface area contributed by atoms with E-state index < -0.39 is 10.0 Å². The molecule has 4 aromatic rings. The molecule has 0 aliphatic carbocycles. The third-order valence-electron chi connectivity index (χ3n) is 6.31. The number of sulfonamides is 1. The summed E-state index contributed by atoms with van der Waals surface area (Å²) in [4.78, 5) is 15.6. The number of rotatable bonds is 6. The Labute approximate surface area is 204 Å². The number of piperidine rings is 1. The fourth-order valence-electron chi connectivity index (χ4n) is 4.48. The molecule has 0 radical (unpaired) electrons. The standard InChI is InChI=1S/C27H26N2O5S/c1-33-21-12-13-23-24(18-21)34-26(25(23)19-8-4-2-5-9-19)27(30)29-16-14-20(15-17-29)28-35(31,32)22-10-6-3-7-11-22/h2-13,18,20,28H,14-17H2,1H3. The van der Waals surface area contributed by atoms with Crippen LogP contribution in [0.2, 0.25) is 0 Å². The number of hydrogen-bond acceptors (Lipinski definition) is 5. The topological polar surface area (TPSA) is 88.9 Å². The molecular formula is C27H26N2O5S. The number of nitrogens with zero attached hydrogens (tertiary/aromatic N) is 1. The average Bonchev–Trinajstić information content (AvgIpc) is 3.28. The summed E-state index contributed by atoms with van der Waals surface area (Å²) in [5, 5.41) is 0.839. The van der Waals surface area contributed by atoms with Gasteiger partial charge in [0.1, 0.15) is 11.3 Å². The van der Waals surface area contributed by atoms with Crippen molar-refractivity contribution in [1.82, 2.24) is 9.62 Å². The molecule has 1 N–H and O–H groups in total. The monoisotopic (exact) mass is 490 g/mol. The number of amides is 1. The lowest BCUT2D eigenvalue weighted by molar-refractivity contribution is 0.0682. The van der Waals surface area contributed by atoms with E-state index in [1.54, 1.807) is 48.4 Å². The molecule has 0 spiro atoms. The lowest BCUT2D eigenvalue weighted by Crippen LogP contribution is -2.46. The van der Waals surface area contributed by atoms with Crippen LogP contribution in [0, 0.1) is 0 Å². The van der Waals surface area contributed by atoms with Gasteiger partial charge in [0.25, 0.3) is 5.91 Å². The Hall–Kier alpha value is -3.62. The predicted molar refractivity (Wildman–Crippen MR) is 134 cm³/mol. The summed E-state index contributed by atoms with van der Waals surface area (Å²) < 4.78 is 39.5. The summed E-state index contributed by atoms with van der Waals surface area (Å²) in [6, 6.07) is 23.3. The van der Waals surface area contributed by atoms with E-state index in [4.69, 9.17) is 9.15 Å². The van der Waals surface area contributed by atoms with E-state index in [1.807, 2.05) is 42.5 Å². The highest BCUT2D eigenvalue weighted by Gasteiger charge is 2.31. The second kappa shape index (κ2) is 9.56. The van der Waals surface area contributed by atoms with Gasteiger partial charge in [-0.2, -0.15) is 0 Å². The molecule has 0 saturated carbocycles. The molecular weight excluding hydrogens is 464 g/mol. The largest absolute Gasteiger partial charge is 0.497 e. The van der Waals surface area contributed by atoms with Crippen molar-refractivity contribution < 1.29 is 22.4 Å². The number of ether oxygens (including phenoxy) is 1. The van der Waals surface area contributed by atoms with E-state index >= 15 is 0 Å². The fraction of sp³-hybridized carbons (Fsp3) is 0.222. The van der Waals surface area contributed by atoms with Crippen LogP contribution in [0.3, 0.4) is 0 Å². The molecule has 0 atom stereocenters. The molecule has 1 aliphatic rings. The Morgan fingerprint density at radius 3 is 2.29 bits per heavy atom. The molecule has 1 amide bonds. The Morgan fingerprint density at radius 1 is 0.971 bits per heavy atom. The van der Waals surface area contributed by atoms with E-state index in [0.717, 1.165) is 16.5 Å². The zero-order valence-corrected chi connectivity index (χ0v) is 20.1. The van der Waals surface area contributed by atoms with Crippen LogP contribution in [-0.2, 0) is 10.0 Å². The number of hydrogen-bond donors (Lipinski definition) is 1. The van der Waals surface area contributed by atoms with Crippen LogP contribution in [0.5, 0.6) is 5.75 Å². The zero-order chi connectivity index (χ0) is 24.4. The van der Waals surface area contributed by atoms with Gasteiger partial charge in [0.15, 0.2) is 0 Å². The first-order chi connectivity index (χ1) is 17.0. The Bertz CT molecular complexity index is 1440. The normalized spacial score (nSPS) is 14.8. The van der Waals surface area contributed by atoms with Crippen molar-refractivity contribution in [3.63, 3.8) is 0 Å². The minimum Gasteiger partial charge on any atom is -0.497 e. The second-order valence-corrected chi connectivity index (χ2v) is 10.2. The van der Waals surface area contributed by atoms with Crippen molar-refractivity contribution in [3.8, 4) is 16.9 Å². The first kappa shape index (κ1) is 23.1. The van der Waals surface area contributed by atoms with Gasteiger partial charge in [0.2, 0.25) is 15.8 Å². The number of furan rings is 1. The van der Waals surface area contributed by atoms with E-state index in [-0.39, 0.29) is 22.6 Å². The number of likely N-dealkylation sites (tertiary alicyclic amines) is 1. The molecule has 0 unspecified atom stereocenters. The van der Waals surface area contributed by atoms with Crippen LogP contribution in [0.4, 0.5) is 0 Å². The first-order valence-electron chi connectivity index (χ1n) is 11.5. The molecule has 3 aromatic carbocycles. The molecule has 1 aromatic heterocycles. The van der Waals surface area contributed by atoms with E-state index in [2.05, 4.69) is 4.72 Å². The van der Waals surface area contributed by atoms with Crippen LogP contribution in [-0.4, -0.2) is 45.5 Å². The molecule has 8 heteroatoms. The highest BCUT2D eigenvalue weighted by Crippen LogP contribution is 2.37. The van der Waals surface area contributed by atoms with Crippen molar-refractivity contribution in [3.05, 3.63) is 84.6 Å². The molecule has 0 bridgehead atoms. The van der Waals surface area contributed by atoms with Gasteiger partial charge < -0.3 is 14.1 Å². The number of carbonyl (C=O) groups excluding carboxylic acids is 1. The van der Waals surface area contributed by atoms with Crippen molar-refractivity contribution >= 4 is 26.9 Å². The molecule has 7 nitrogen and oxygen atoms in total. The molecule has 5 rings (SSSR count). The van der Waals surface area contributed by atoms with Gasteiger partial charge in [-0.1, -0.05) is 48.5 Å². The predicted octanol–water partition coefficient (Wildman–Crippen LogP) is 4.69. The number of nitrogens with one attached hydrogen (secondary N) is 1. The number of carbonyl (C=O) groups is 1. The average molecular weight is 491 g/mol. The minimum absolute atomic E-state index is 0.205. The van der Waals surface area contributed by atoms with Crippen LogP contribution in [0.1, 0.15) is 23.4 Å². The Morgan fingerprint density at radius 2 is 1.63 bits per heavy atom. The van der Waals surface area contributed by atoms with Gasteiger partial charge in [-0.05, 0) is 42.7 Å².